The molecule has 0 saturated heterocycles. The normalized spacial score (nSPS) is 13.8. The van der Waals surface area contributed by atoms with Gasteiger partial charge in [-0.3, -0.25) is 4.79 Å². The van der Waals surface area contributed by atoms with Crippen molar-refractivity contribution in [2.75, 3.05) is 6.61 Å². The molecule has 0 bridgehead atoms. The lowest BCUT2D eigenvalue weighted by Crippen LogP contribution is -2.50. The molecule has 4 N–H and O–H groups in total. The van der Waals surface area contributed by atoms with Crippen molar-refractivity contribution in [2.45, 2.75) is 244 Å². The van der Waals surface area contributed by atoms with E-state index in [0.717, 1.165) is 44.9 Å². The number of hydrogen-bond acceptors (Lipinski definition) is 4. The molecule has 0 aromatic heterocycles. The van der Waals surface area contributed by atoms with Crippen LogP contribution in [-0.4, -0.2) is 46.1 Å². The largest absolute Gasteiger partial charge is 0.394 e. The van der Waals surface area contributed by atoms with Crippen molar-refractivity contribution in [3.8, 4) is 0 Å². The molecular formula is C44H85NO4. The first-order valence-electron chi connectivity index (χ1n) is 21.6. The summed E-state index contributed by atoms with van der Waals surface area (Å²) in [4.78, 5) is 12.4. The number of rotatable bonds is 39. The highest BCUT2D eigenvalue weighted by Gasteiger charge is 2.26. The van der Waals surface area contributed by atoms with Gasteiger partial charge in [-0.1, -0.05) is 198 Å². The zero-order chi connectivity index (χ0) is 35.9. The maximum absolute atomic E-state index is 12.4. The molecule has 49 heavy (non-hydrogen) atoms. The van der Waals surface area contributed by atoms with Crippen LogP contribution in [0.5, 0.6) is 0 Å². The summed E-state index contributed by atoms with van der Waals surface area (Å²) in [6.45, 7) is 3.93. The van der Waals surface area contributed by atoms with E-state index in [0.29, 0.717) is 12.8 Å². The summed E-state index contributed by atoms with van der Waals surface area (Å²) < 4.78 is 0. The molecule has 3 unspecified atom stereocenters. The number of unbranched alkanes of at least 4 members (excludes halogenated alkanes) is 28. The van der Waals surface area contributed by atoms with Crippen LogP contribution in [0.3, 0.4) is 0 Å². The Labute approximate surface area is 305 Å². The van der Waals surface area contributed by atoms with Crippen LogP contribution in [0.4, 0.5) is 0 Å². The van der Waals surface area contributed by atoms with Gasteiger partial charge in [-0.15, -0.1) is 0 Å². The fourth-order valence-corrected chi connectivity index (χ4v) is 6.77. The zero-order valence-corrected chi connectivity index (χ0v) is 32.8. The fraction of sp³-hybridized carbons (Fsp3) is 0.886. The molecule has 0 radical (unpaired) electrons. The Hall–Kier alpha value is -1.17. The molecule has 0 aliphatic rings. The van der Waals surface area contributed by atoms with E-state index in [4.69, 9.17) is 0 Å². The summed E-state index contributed by atoms with van der Waals surface area (Å²) in [7, 11) is 0. The molecule has 290 valence electrons. The van der Waals surface area contributed by atoms with Crippen LogP contribution in [0.25, 0.3) is 0 Å². The summed E-state index contributed by atoms with van der Waals surface area (Å²) in [5.74, 6) is -0.158. The highest BCUT2D eigenvalue weighted by Crippen LogP contribution is 2.17. The molecule has 0 aromatic rings. The van der Waals surface area contributed by atoms with Crippen molar-refractivity contribution in [1.82, 2.24) is 5.32 Å². The monoisotopic (exact) mass is 692 g/mol. The number of hydrogen-bond donors (Lipinski definition) is 4. The number of nitrogens with one attached hydrogen (secondary N) is 1. The Kier molecular flexibility index (Phi) is 38.7. The van der Waals surface area contributed by atoms with E-state index >= 15 is 0 Å². The number of aliphatic hydroxyl groups excluding tert-OH is 3. The molecular weight excluding hydrogens is 606 g/mol. The van der Waals surface area contributed by atoms with Crippen LogP contribution in [0.1, 0.15) is 226 Å². The van der Waals surface area contributed by atoms with Crippen LogP contribution < -0.4 is 5.32 Å². The summed E-state index contributed by atoms with van der Waals surface area (Å²) in [6, 6.07) is -0.826. The molecule has 1 amide bonds. The Morgan fingerprint density at radius 1 is 0.531 bits per heavy atom. The van der Waals surface area contributed by atoms with Crippen LogP contribution in [0, 0.1) is 0 Å². The van der Waals surface area contributed by atoms with Crippen LogP contribution in [0.15, 0.2) is 24.3 Å². The van der Waals surface area contributed by atoms with Crippen LogP contribution in [-0.2, 0) is 4.79 Å². The van der Waals surface area contributed by atoms with Crippen LogP contribution >= 0.6 is 0 Å². The van der Waals surface area contributed by atoms with Gasteiger partial charge >= 0.3 is 0 Å². The predicted molar refractivity (Wildman–Crippen MR) is 213 cm³/mol. The SMILES string of the molecule is C/C=C/CC/C=C/CCCC(O)C(O)C(CO)NC(=O)CCCCCCCCCCCCCCCCCCCCCCCCCCCCC. The molecule has 5 nitrogen and oxygen atoms in total. The molecule has 0 heterocycles. The average Bonchev–Trinajstić information content (AvgIpc) is 3.11. The van der Waals surface area contributed by atoms with E-state index in [-0.39, 0.29) is 12.5 Å². The van der Waals surface area contributed by atoms with E-state index in [9.17, 15) is 20.1 Å². The minimum absolute atomic E-state index is 0.158. The summed E-state index contributed by atoms with van der Waals surface area (Å²) >= 11 is 0. The highest BCUT2D eigenvalue weighted by molar-refractivity contribution is 5.76. The molecule has 0 fully saturated rings. The fourth-order valence-electron chi connectivity index (χ4n) is 6.77. The Morgan fingerprint density at radius 2 is 0.898 bits per heavy atom. The number of amides is 1. The number of carbonyl (C=O) groups excluding carboxylic acids is 1. The van der Waals surface area contributed by atoms with Gasteiger partial charge in [0.1, 0.15) is 6.10 Å². The number of aliphatic hydroxyl groups is 3. The Balaban J connectivity index is 3.47. The van der Waals surface area contributed by atoms with Crippen LogP contribution in [0.2, 0.25) is 0 Å². The zero-order valence-electron chi connectivity index (χ0n) is 32.8. The second kappa shape index (κ2) is 39.6. The first kappa shape index (κ1) is 47.8. The van der Waals surface area contributed by atoms with Gasteiger partial charge in [-0.25, -0.2) is 0 Å². The quantitative estimate of drug-likeness (QED) is 0.0381. The van der Waals surface area contributed by atoms with Gasteiger partial charge in [-0.05, 0) is 45.4 Å². The molecule has 3 atom stereocenters. The van der Waals surface area contributed by atoms with Gasteiger partial charge in [0, 0.05) is 6.42 Å². The van der Waals surface area contributed by atoms with E-state index in [1.807, 2.05) is 13.0 Å². The van der Waals surface area contributed by atoms with Crippen molar-refractivity contribution in [2.24, 2.45) is 0 Å². The van der Waals surface area contributed by atoms with Crippen molar-refractivity contribution >= 4 is 5.91 Å². The summed E-state index contributed by atoms with van der Waals surface area (Å²) in [5, 5.41) is 33.2. The maximum atomic E-state index is 12.4. The molecule has 5 heteroatoms. The van der Waals surface area contributed by atoms with E-state index in [1.165, 1.54) is 154 Å². The first-order valence-corrected chi connectivity index (χ1v) is 21.6. The van der Waals surface area contributed by atoms with Gasteiger partial charge in [0.25, 0.3) is 0 Å². The van der Waals surface area contributed by atoms with Gasteiger partial charge in [0.15, 0.2) is 0 Å². The second-order valence-corrected chi connectivity index (χ2v) is 14.9. The minimum Gasteiger partial charge on any atom is -0.394 e. The minimum atomic E-state index is -1.16. The Morgan fingerprint density at radius 3 is 1.29 bits per heavy atom. The predicted octanol–water partition coefficient (Wildman–Crippen LogP) is 12.2. The number of carbonyl (C=O) groups is 1. The van der Waals surface area contributed by atoms with E-state index in [2.05, 4.69) is 30.5 Å². The topological polar surface area (TPSA) is 89.8 Å². The van der Waals surface area contributed by atoms with Crippen molar-refractivity contribution in [3.05, 3.63) is 24.3 Å². The van der Waals surface area contributed by atoms with E-state index < -0.39 is 18.2 Å². The highest BCUT2D eigenvalue weighted by atomic mass is 16.3. The molecule has 0 saturated carbocycles. The van der Waals surface area contributed by atoms with E-state index in [1.54, 1.807) is 0 Å². The van der Waals surface area contributed by atoms with Crippen molar-refractivity contribution < 1.29 is 20.1 Å². The second-order valence-electron chi connectivity index (χ2n) is 14.9. The number of allylic oxidation sites excluding steroid dienone is 4. The molecule has 0 rings (SSSR count). The van der Waals surface area contributed by atoms with Crippen molar-refractivity contribution in [3.63, 3.8) is 0 Å². The third kappa shape index (κ3) is 35.0. The summed E-state index contributed by atoms with van der Waals surface area (Å²) in [5.41, 5.74) is 0. The standard InChI is InChI=1S/C44H85NO4/c1-3-5-7-9-11-13-14-15-16-17-18-19-20-21-22-23-24-25-26-27-28-29-30-31-33-35-37-39-43(48)45-41(40-46)44(49)42(47)38-36-34-32-12-10-8-6-4-2/h4,6,12,32,41-42,44,46-47,49H,3,5,7-11,13-31,33-40H2,1-2H3,(H,45,48)/b6-4+,32-12+. The molecule has 0 spiro atoms. The molecule has 0 aliphatic carbocycles. The van der Waals surface area contributed by atoms with Gasteiger partial charge < -0.3 is 20.6 Å². The Bertz CT molecular complexity index is 724. The van der Waals surface area contributed by atoms with Gasteiger partial charge in [0.2, 0.25) is 5.91 Å². The smallest absolute Gasteiger partial charge is 0.220 e. The third-order valence-corrected chi connectivity index (χ3v) is 10.1. The summed E-state index contributed by atoms with van der Waals surface area (Å²) in [6.07, 6.45) is 47.7. The molecule has 0 aliphatic heterocycles. The maximum Gasteiger partial charge on any atom is 0.220 e. The lowest BCUT2D eigenvalue weighted by molar-refractivity contribution is -0.124. The third-order valence-electron chi connectivity index (χ3n) is 10.1. The average molecular weight is 692 g/mol. The van der Waals surface area contributed by atoms with Gasteiger partial charge in [-0.2, -0.15) is 0 Å². The van der Waals surface area contributed by atoms with Crippen molar-refractivity contribution in [1.29, 1.82) is 0 Å². The van der Waals surface area contributed by atoms with Gasteiger partial charge in [0.05, 0.1) is 18.8 Å². The lowest BCUT2D eigenvalue weighted by Gasteiger charge is -2.26. The molecule has 0 aromatic carbocycles. The lowest BCUT2D eigenvalue weighted by atomic mass is 10.0. The first-order chi connectivity index (χ1) is 24.1.